The predicted octanol–water partition coefficient (Wildman–Crippen LogP) is 2.36. The van der Waals surface area contributed by atoms with Crippen LogP contribution in [0.5, 0.6) is 0 Å². The molecule has 3 unspecified atom stereocenters. The molecular weight excluding hydrogens is 490 g/mol. The Kier molecular flexibility index (Phi) is 9.80. The van der Waals surface area contributed by atoms with Crippen LogP contribution in [0.25, 0.3) is 10.4 Å². The van der Waals surface area contributed by atoms with Crippen molar-refractivity contribution in [2.45, 2.75) is 78.1 Å². The highest BCUT2D eigenvalue weighted by atomic mass is 32.1. The molecule has 0 aliphatic carbocycles. The molecule has 0 bridgehead atoms. The summed E-state index contributed by atoms with van der Waals surface area (Å²) in [7, 11) is 0. The number of likely N-dealkylation sites (tertiary alicyclic amines) is 1. The summed E-state index contributed by atoms with van der Waals surface area (Å²) in [5, 5.41) is 16.1. The number of aryl methyl sites for hydroxylation is 1. The fraction of sp³-hybridized carbons (Fsp3) is 0.556. The van der Waals surface area contributed by atoms with E-state index in [-0.39, 0.29) is 37.1 Å². The van der Waals surface area contributed by atoms with Gasteiger partial charge in [-0.05, 0) is 42.9 Å². The second kappa shape index (κ2) is 12.6. The first kappa shape index (κ1) is 28.7. The quantitative estimate of drug-likeness (QED) is 0.349. The van der Waals surface area contributed by atoms with Crippen LogP contribution in [0, 0.1) is 12.3 Å². The number of carbonyl (C=O) groups excluding carboxylic acids is 3. The lowest BCUT2D eigenvalue weighted by molar-refractivity contribution is -0.144. The van der Waals surface area contributed by atoms with Crippen LogP contribution in [0.2, 0.25) is 0 Å². The van der Waals surface area contributed by atoms with E-state index in [1.165, 1.54) is 4.90 Å². The Labute approximate surface area is 222 Å². The van der Waals surface area contributed by atoms with Gasteiger partial charge in [-0.25, -0.2) is 4.98 Å². The molecule has 0 saturated carbocycles. The highest BCUT2D eigenvalue weighted by Crippen LogP contribution is 2.28. The minimum Gasteiger partial charge on any atom is -0.391 e. The van der Waals surface area contributed by atoms with Crippen molar-refractivity contribution in [1.29, 1.82) is 0 Å². The zero-order chi connectivity index (χ0) is 27.2. The molecule has 0 radical (unpaired) electrons. The van der Waals surface area contributed by atoms with E-state index in [0.717, 1.165) is 28.1 Å². The highest BCUT2D eigenvalue weighted by Gasteiger charge is 2.44. The number of benzene rings is 1. The van der Waals surface area contributed by atoms with Crippen molar-refractivity contribution >= 4 is 29.1 Å². The smallest absolute Gasteiger partial charge is 0.246 e. The van der Waals surface area contributed by atoms with E-state index in [1.54, 1.807) is 11.3 Å². The molecule has 1 aliphatic rings. The van der Waals surface area contributed by atoms with Crippen molar-refractivity contribution in [3.63, 3.8) is 0 Å². The second-order valence-electron chi connectivity index (χ2n) is 10.7. The van der Waals surface area contributed by atoms with Crippen molar-refractivity contribution in [3.8, 4) is 10.4 Å². The van der Waals surface area contributed by atoms with Crippen molar-refractivity contribution in [1.82, 2.24) is 20.5 Å². The summed E-state index contributed by atoms with van der Waals surface area (Å²) in [4.78, 5) is 46.0. The molecule has 2 heterocycles. The highest BCUT2D eigenvalue weighted by molar-refractivity contribution is 7.13. The normalized spacial score (nSPS) is 18.5. The number of thiazole rings is 1. The number of aliphatic hydroxyl groups is 1. The van der Waals surface area contributed by atoms with Crippen molar-refractivity contribution in [3.05, 3.63) is 41.0 Å². The third kappa shape index (κ3) is 7.59. The molecule has 3 amide bonds. The van der Waals surface area contributed by atoms with Crippen LogP contribution in [0.3, 0.4) is 0 Å². The van der Waals surface area contributed by atoms with E-state index in [4.69, 9.17) is 5.73 Å². The first-order valence-corrected chi connectivity index (χ1v) is 13.6. The molecule has 2 aromatic rings. The number of nitrogens with zero attached hydrogens (tertiary/aromatic N) is 2. The summed E-state index contributed by atoms with van der Waals surface area (Å²) in [6, 6.07) is 6.29. The van der Waals surface area contributed by atoms with E-state index in [2.05, 4.69) is 15.6 Å². The SMILES string of the molecule is Cc1ncsc1-c1ccc(CNC(=O)C2CC(O)CN2C(=O)C(NC(=O)CCCCN)C(C)(C)C)cc1. The fourth-order valence-corrected chi connectivity index (χ4v) is 5.26. The number of amides is 3. The number of hydrogen-bond acceptors (Lipinski definition) is 7. The molecule has 1 aromatic carbocycles. The summed E-state index contributed by atoms with van der Waals surface area (Å²) in [5.41, 5.74) is 9.73. The summed E-state index contributed by atoms with van der Waals surface area (Å²) in [6.45, 7) is 8.44. The van der Waals surface area contributed by atoms with E-state index in [0.29, 0.717) is 19.5 Å². The molecule has 3 rings (SSSR count). The lowest BCUT2D eigenvalue weighted by atomic mass is 9.85. The summed E-state index contributed by atoms with van der Waals surface area (Å²) in [5.74, 6) is -0.908. The zero-order valence-corrected chi connectivity index (χ0v) is 22.9. The van der Waals surface area contributed by atoms with E-state index in [9.17, 15) is 19.5 Å². The number of carbonyl (C=O) groups is 3. The lowest BCUT2D eigenvalue weighted by Crippen LogP contribution is -2.57. The Balaban J connectivity index is 1.65. The van der Waals surface area contributed by atoms with Gasteiger partial charge in [0, 0.05) is 25.9 Å². The van der Waals surface area contributed by atoms with Gasteiger partial charge in [-0.15, -0.1) is 11.3 Å². The van der Waals surface area contributed by atoms with Gasteiger partial charge in [0.2, 0.25) is 17.7 Å². The second-order valence-corrected chi connectivity index (χ2v) is 11.5. The molecule has 10 heteroatoms. The molecule has 9 nitrogen and oxygen atoms in total. The van der Waals surface area contributed by atoms with Gasteiger partial charge in [-0.1, -0.05) is 45.0 Å². The molecule has 1 saturated heterocycles. The molecule has 1 aliphatic heterocycles. The van der Waals surface area contributed by atoms with Crippen LogP contribution in [0.15, 0.2) is 29.8 Å². The lowest BCUT2D eigenvalue weighted by Gasteiger charge is -2.35. The van der Waals surface area contributed by atoms with Crippen LogP contribution in [0.4, 0.5) is 0 Å². The predicted molar refractivity (Wildman–Crippen MR) is 145 cm³/mol. The minimum absolute atomic E-state index is 0.0510. The topological polar surface area (TPSA) is 138 Å². The van der Waals surface area contributed by atoms with Gasteiger partial charge in [-0.2, -0.15) is 0 Å². The first-order chi connectivity index (χ1) is 17.5. The van der Waals surface area contributed by atoms with Gasteiger partial charge >= 0.3 is 0 Å². The number of hydrogen-bond donors (Lipinski definition) is 4. The van der Waals surface area contributed by atoms with Crippen LogP contribution in [-0.4, -0.2) is 64.0 Å². The van der Waals surface area contributed by atoms with Gasteiger partial charge in [0.15, 0.2) is 0 Å². The minimum atomic E-state index is -0.818. The molecule has 202 valence electrons. The Morgan fingerprint density at radius 3 is 2.51 bits per heavy atom. The largest absolute Gasteiger partial charge is 0.391 e. The summed E-state index contributed by atoms with van der Waals surface area (Å²) in [6.07, 6.45) is 1.01. The maximum Gasteiger partial charge on any atom is 0.246 e. The van der Waals surface area contributed by atoms with Crippen LogP contribution >= 0.6 is 11.3 Å². The van der Waals surface area contributed by atoms with Gasteiger partial charge in [0.05, 0.1) is 22.2 Å². The van der Waals surface area contributed by atoms with E-state index >= 15 is 0 Å². The number of aliphatic hydroxyl groups excluding tert-OH is 1. The average molecular weight is 530 g/mol. The fourth-order valence-electron chi connectivity index (χ4n) is 4.44. The van der Waals surface area contributed by atoms with Crippen LogP contribution < -0.4 is 16.4 Å². The number of rotatable bonds is 10. The summed E-state index contributed by atoms with van der Waals surface area (Å²) >= 11 is 1.59. The Morgan fingerprint density at radius 1 is 1.22 bits per heavy atom. The number of nitrogens with one attached hydrogen (secondary N) is 2. The molecule has 1 aromatic heterocycles. The molecule has 5 N–H and O–H groups in total. The molecule has 1 fully saturated rings. The zero-order valence-electron chi connectivity index (χ0n) is 22.1. The maximum atomic E-state index is 13.6. The number of aromatic nitrogens is 1. The third-order valence-electron chi connectivity index (χ3n) is 6.57. The maximum absolute atomic E-state index is 13.6. The Hall–Kier alpha value is -2.82. The van der Waals surface area contributed by atoms with E-state index < -0.39 is 23.6 Å². The van der Waals surface area contributed by atoms with Crippen molar-refractivity contribution < 1.29 is 19.5 Å². The summed E-state index contributed by atoms with van der Waals surface area (Å²) < 4.78 is 0. The number of nitrogens with two attached hydrogens (primary N) is 1. The van der Waals surface area contributed by atoms with Gasteiger partial charge in [-0.3, -0.25) is 14.4 Å². The number of β-amino-alcohol motifs (C(OH)–C–C–N with tert-alkyl or cyclic N) is 1. The molecular formula is C27H39N5O4S. The van der Waals surface area contributed by atoms with Gasteiger partial charge in [0.25, 0.3) is 0 Å². The van der Waals surface area contributed by atoms with Crippen molar-refractivity contribution in [2.75, 3.05) is 13.1 Å². The Bertz CT molecular complexity index is 1080. The van der Waals surface area contributed by atoms with Gasteiger partial charge in [0.1, 0.15) is 12.1 Å². The average Bonchev–Trinajstić information content (AvgIpc) is 3.46. The number of unbranched alkanes of at least 4 members (excludes halogenated alkanes) is 1. The first-order valence-electron chi connectivity index (χ1n) is 12.8. The van der Waals surface area contributed by atoms with Gasteiger partial charge < -0.3 is 26.4 Å². The van der Waals surface area contributed by atoms with Crippen molar-refractivity contribution in [2.24, 2.45) is 11.1 Å². The monoisotopic (exact) mass is 529 g/mol. The Morgan fingerprint density at radius 2 is 1.92 bits per heavy atom. The van der Waals surface area contributed by atoms with Crippen LogP contribution in [-0.2, 0) is 20.9 Å². The van der Waals surface area contributed by atoms with Crippen LogP contribution in [0.1, 0.15) is 57.7 Å². The molecule has 3 atom stereocenters. The van der Waals surface area contributed by atoms with E-state index in [1.807, 2.05) is 57.5 Å². The molecule has 37 heavy (non-hydrogen) atoms. The third-order valence-corrected chi connectivity index (χ3v) is 7.55. The standard InChI is InChI=1S/C27H39N5O4S/c1-17-23(37-16-30-17)19-10-8-18(9-11-19)14-29-25(35)21-13-20(33)15-32(21)26(36)24(27(2,3)4)31-22(34)7-5-6-12-28/h8-11,16,20-21,24,33H,5-7,12-15,28H2,1-4H3,(H,29,35)(H,31,34). The molecule has 0 spiro atoms.